The summed E-state index contributed by atoms with van der Waals surface area (Å²) in [5, 5.41) is 0.807. The van der Waals surface area contributed by atoms with Crippen LogP contribution < -0.4 is 10.4 Å². The second-order valence-corrected chi connectivity index (χ2v) is 6.93. The van der Waals surface area contributed by atoms with Gasteiger partial charge < -0.3 is 18.6 Å². The van der Waals surface area contributed by atoms with E-state index >= 15 is 0 Å². The van der Waals surface area contributed by atoms with Gasteiger partial charge in [0.15, 0.2) is 6.61 Å². The van der Waals surface area contributed by atoms with Crippen molar-refractivity contribution < 1.29 is 13.9 Å². The maximum Gasteiger partial charge on any atom is 0.336 e. The number of nitrogens with zero attached hydrogens (tertiary/aromatic N) is 2. The van der Waals surface area contributed by atoms with E-state index in [1.54, 1.807) is 24.3 Å². The topological polar surface area (TPSA) is 64.7 Å². The maximum absolute atomic E-state index is 12.8. The van der Waals surface area contributed by atoms with Crippen LogP contribution in [0.4, 0.5) is 0 Å². The van der Waals surface area contributed by atoms with Crippen molar-refractivity contribution >= 4 is 16.9 Å². The molecule has 3 heterocycles. The molecule has 6 nitrogen and oxygen atoms in total. The zero-order valence-electron chi connectivity index (χ0n) is 14.8. The minimum absolute atomic E-state index is 0.0628. The molecule has 1 amide bonds. The lowest BCUT2D eigenvalue weighted by Gasteiger charge is -2.43. The molecule has 1 aliphatic rings. The van der Waals surface area contributed by atoms with Gasteiger partial charge in [0.1, 0.15) is 11.3 Å². The molecule has 26 heavy (non-hydrogen) atoms. The number of hydrogen-bond acceptors (Lipinski definition) is 4. The highest BCUT2D eigenvalue weighted by Crippen LogP contribution is 2.32. The summed E-state index contributed by atoms with van der Waals surface area (Å²) in [7, 11) is 0. The summed E-state index contributed by atoms with van der Waals surface area (Å²) >= 11 is 0. The standard InChI is InChI=1S/C20H20N2O4/c1-20(2)17-4-3-9-21(17)10-11-22(20)18(23)13-25-15-7-5-14-6-8-19(24)26-16(14)12-15/h3-9,12H,10-11,13H2,1-2H3. The number of ether oxygens (including phenoxy) is 1. The van der Waals surface area contributed by atoms with E-state index in [-0.39, 0.29) is 12.5 Å². The van der Waals surface area contributed by atoms with Crippen LogP contribution in [-0.4, -0.2) is 28.5 Å². The summed E-state index contributed by atoms with van der Waals surface area (Å²) in [5.74, 6) is 0.426. The van der Waals surface area contributed by atoms with Crippen molar-refractivity contribution in [2.45, 2.75) is 25.9 Å². The zero-order chi connectivity index (χ0) is 18.3. The molecule has 2 aromatic heterocycles. The highest BCUT2D eigenvalue weighted by atomic mass is 16.5. The molecule has 134 valence electrons. The lowest BCUT2D eigenvalue weighted by atomic mass is 9.95. The van der Waals surface area contributed by atoms with Gasteiger partial charge >= 0.3 is 5.63 Å². The fourth-order valence-corrected chi connectivity index (χ4v) is 3.58. The fraction of sp³-hybridized carbons (Fsp3) is 0.300. The van der Waals surface area contributed by atoms with E-state index in [4.69, 9.17) is 9.15 Å². The quantitative estimate of drug-likeness (QED) is 0.680. The van der Waals surface area contributed by atoms with E-state index in [0.29, 0.717) is 17.9 Å². The average molecular weight is 352 g/mol. The molecule has 0 bridgehead atoms. The molecule has 0 aliphatic carbocycles. The van der Waals surface area contributed by atoms with Crippen LogP contribution in [0.25, 0.3) is 11.0 Å². The molecule has 0 spiro atoms. The Balaban J connectivity index is 1.50. The molecule has 1 aromatic carbocycles. The predicted octanol–water partition coefficient (Wildman–Crippen LogP) is 2.75. The van der Waals surface area contributed by atoms with Crippen LogP contribution in [0.5, 0.6) is 5.75 Å². The summed E-state index contributed by atoms with van der Waals surface area (Å²) < 4.78 is 13.0. The van der Waals surface area contributed by atoms with Gasteiger partial charge in [-0.2, -0.15) is 0 Å². The Kier molecular flexibility index (Phi) is 3.83. The molecule has 0 unspecified atom stereocenters. The molecule has 6 heteroatoms. The molecule has 3 aromatic rings. The average Bonchev–Trinajstić information content (AvgIpc) is 3.09. The molecule has 0 saturated heterocycles. The minimum Gasteiger partial charge on any atom is -0.484 e. The molecule has 0 saturated carbocycles. The first kappa shape index (κ1) is 16.4. The normalized spacial score (nSPS) is 15.7. The largest absolute Gasteiger partial charge is 0.484 e. The monoisotopic (exact) mass is 352 g/mol. The van der Waals surface area contributed by atoms with Crippen LogP contribution in [0.2, 0.25) is 0 Å². The van der Waals surface area contributed by atoms with Crippen molar-refractivity contribution in [3.8, 4) is 5.75 Å². The molecule has 0 radical (unpaired) electrons. The van der Waals surface area contributed by atoms with Gasteiger partial charge in [-0.1, -0.05) is 0 Å². The van der Waals surface area contributed by atoms with Gasteiger partial charge in [0.25, 0.3) is 5.91 Å². The number of fused-ring (bicyclic) bond motifs is 2. The van der Waals surface area contributed by atoms with E-state index in [1.807, 2.05) is 37.1 Å². The van der Waals surface area contributed by atoms with Gasteiger partial charge in [0, 0.05) is 42.5 Å². The van der Waals surface area contributed by atoms with E-state index < -0.39 is 11.2 Å². The van der Waals surface area contributed by atoms with Crippen molar-refractivity contribution in [1.29, 1.82) is 0 Å². The maximum atomic E-state index is 12.8. The molecule has 4 rings (SSSR count). The van der Waals surface area contributed by atoms with Gasteiger partial charge in [-0.05, 0) is 44.2 Å². The summed E-state index contributed by atoms with van der Waals surface area (Å²) in [6, 6.07) is 12.3. The van der Waals surface area contributed by atoms with Crippen LogP contribution in [0.1, 0.15) is 19.5 Å². The van der Waals surface area contributed by atoms with E-state index in [1.165, 1.54) is 6.07 Å². The number of rotatable bonds is 3. The van der Waals surface area contributed by atoms with Gasteiger partial charge in [-0.25, -0.2) is 4.79 Å². The first-order chi connectivity index (χ1) is 12.4. The Morgan fingerprint density at radius 2 is 2.00 bits per heavy atom. The fourth-order valence-electron chi connectivity index (χ4n) is 3.58. The Labute approximate surface area is 150 Å². The minimum atomic E-state index is -0.413. The third-order valence-electron chi connectivity index (χ3n) is 4.95. The third kappa shape index (κ3) is 2.77. The Hall–Kier alpha value is -3.02. The smallest absolute Gasteiger partial charge is 0.336 e. The van der Waals surface area contributed by atoms with E-state index in [0.717, 1.165) is 17.6 Å². The zero-order valence-corrected chi connectivity index (χ0v) is 14.8. The summed E-state index contributed by atoms with van der Waals surface area (Å²) in [6.45, 7) is 5.44. The molecule has 1 aliphatic heterocycles. The lowest BCUT2D eigenvalue weighted by molar-refractivity contribution is -0.140. The second-order valence-electron chi connectivity index (χ2n) is 6.93. The van der Waals surface area contributed by atoms with Crippen LogP contribution in [0.3, 0.4) is 0 Å². The second kappa shape index (κ2) is 6.05. The van der Waals surface area contributed by atoms with Gasteiger partial charge in [0.2, 0.25) is 0 Å². The predicted molar refractivity (Wildman–Crippen MR) is 97.2 cm³/mol. The number of aromatic nitrogens is 1. The Morgan fingerprint density at radius 3 is 2.85 bits per heavy atom. The van der Waals surface area contributed by atoms with Crippen LogP contribution in [0, 0.1) is 0 Å². The summed E-state index contributed by atoms with van der Waals surface area (Å²) in [5.41, 5.74) is 0.755. The van der Waals surface area contributed by atoms with Gasteiger partial charge in [-0.15, -0.1) is 0 Å². The molecular formula is C20H20N2O4. The molecular weight excluding hydrogens is 332 g/mol. The molecule has 0 N–H and O–H groups in total. The van der Waals surface area contributed by atoms with Crippen molar-refractivity contribution in [3.63, 3.8) is 0 Å². The molecule has 0 atom stereocenters. The van der Waals surface area contributed by atoms with Crippen molar-refractivity contribution in [2.75, 3.05) is 13.2 Å². The number of amides is 1. The van der Waals surface area contributed by atoms with Crippen molar-refractivity contribution in [3.05, 3.63) is 64.8 Å². The first-order valence-electron chi connectivity index (χ1n) is 8.58. The van der Waals surface area contributed by atoms with Gasteiger partial charge in [-0.3, -0.25) is 4.79 Å². The van der Waals surface area contributed by atoms with E-state index in [2.05, 4.69) is 4.57 Å². The SMILES string of the molecule is CC1(C)c2cccn2CCN1C(=O)COc1ccc2ccc(=O)oc2c1. The van der Waals surface area contributed by atoms with Crippen molar-refractivity contribution in [2.24, 2.45) is 0 Å². The van der Waals surface area contributed by atoms with Crippen LogP contribution in [0.15, 0.2) is 57.9 Å². The van der Waals surface area contributed by atoms with Crippen LogP contribution >= 0.6 is 0 Å². The number of carbonyl (C=O) groups excluding carboxylic acids is 1. The van der Waals surface area contributed by atoms with Crippen LogP contribution in [-0.2, 0) is 16.9 Å². The number of carbonyl (C=O) groups is 1. The first-order valence-corrected chi connectivity index (χ1v) is 8.58. The third-order valence-corrected chi connectivity index (χ3v) is 4.95. The highest BCUT2D eigenvalue weighted by Gasteiger charge is 2.37. The molecule has 0 fully saturated rings. The Morgan fingerprint density at radius 1 is 1.19 bits per heavy atom. The Bertz CT molecular complexity index is 1030. The van der Waals surface area contributed by atoms with Gasteiger partial charge in [0.05, 0.1) is 5.54 Å². The number of hydrogen-bond donors (Lipinski definition) is 0. The van der Waals surface area contributed by atoms with Crippen molar-refractivity contribution in [1.82, 2.24) is 9.47 Å². The number of benzene rings is 1. The van der Waals surface area contributed by atoms with E-state index in [9.17, 15) is 9.59 Å². The lowest BCUT2D eigenvalue weighted by Crippen LogP contribution is -2.52. The highest BCUT2D eigenvalue weighted by molar-refractivity contribution is 5.80. The summed E-state index contributed by atoms with van der Waals surface area (Å²) in [6.07, 6.45) is 2.04. The summed E-state index contributed by atoms with van der Waals surface area (Å²) in [4.78, 5) is 26.0.